The lowest BCUT2D eigenvalue weighted by atomic mass is 10.1. The summed E-state index contributed by atoms with van der Waals surface area (Å²) in [5.74, 6) is -0.140. The van der Waals surface area contributed by atoms with E-state index in [-0.39, 0.29) is 6.42 Å². The second-order valence-electron chi connectivity index (χ2n) is 3.27. The summed E-state index contributed by atoms with van der Waals surface area (Å²) in [6.07, 6.45) is 3.33. The highest BCUT2D eigenvalue weighted by Crippen LogP contribution is 2.34. The molecule has 3 heteroatoms. The molecule has 0 spiro atoms. The van der Waals surface area contributed by atoms with E-state index in [1.54, 1.807) is 0 Å². The van der Waals surface area contributed by atoms with Crippen LogP contribution in [-0.4, -0.2) is 22.3 Å². The van der Waals surface area contributed by atoms with Crippen LogP contribution in [0.3, 0.4) is 0 Å². The summed E-state index contributed by atoms with van der Waals surface area (Å²) in [7, 11) is 0. The van der Waals surface area contributed by atoms with E-state index in [9.17, 15) is 9.90 Å². The van der Waals surface area contributed by atoms with Gasteiger partial charge in [0.2, 0.25) is 0 Å². The topological polar surface area (TPSA) is 57.5 Å². The fourth-order valence-corrected chi connectivity index (χ4v) is 1.15. The van der Waals surface area contributed by atoms with Gasteiger partial charge in [-0.1, -0.05) is 12.8 Å². The van der Waals surface area contributed by atoms with Gasteiger partial charge in [-0.25, -0.2) is 0 Å². The maximum atomic E-state index is 10.1. The molecule has 0 amide bonds. The molecule has 11 heavy (non-hydrogen) atoms. The molecule has 3 nitrogen and oxygen atoms in total. The summed E-state index contributed by atoms with van der Waals surface area (Å²) in [6.45, 7) is 0. The maximum Gasteiger partial charge on any atom is 0.303 e. The summed E-state index contributed by atoms with van der Waals surface area (Å²) < 4.78 is 0. The predicted molar refractivity (Wildman–Crippen MR) is 40.2 cm³/mol. The van der Waals surface area contributed by atoms with Crippen LogP contribution < -0.4 is 0 Å². The molecule has 0 radical (unpaired) electrons. The number of aliphatic hydroxyl groups excluding tert-OH is 1. The van der Waals surface area contributed by atoms with Crippen LogP contribution in [0, 0.1) is 5.92 Å². The number of rotatable bonds is 5. The molecule has 1 saturated carbocycles. The van der Waals surface area contributed by atoms with Crippen LogP contribution in [0.25, 0.3) is 0 Å². The van der Waals surface area contributed by atoms with Crippen molar-refractivity contribution in [2.75, 3.05) is 0 Å². The molecule has 0 aromatic carbocycles. The van der Waals surface area contributed by atoms with Crippen LogP contribution in [0.4, 0.5) is 0 Å². The molecule has 0 aromatic heterocycles. The van der Waals surface area contributed by atoms with Crippen molar-refractivity contribution >= 4 is 5.97 Å². The molecule has 0 saturated heterocycles. The SMILES string of the molecule is O=C(O)CCC(O)CC1CC1. The van der Waals surface area contributed by atoms with Gasteiger partial charge < -0.3 is 10.2 Å². The predicted octanol–water partition coefficient (Wildman–Crippen LogP) is 1.01. The van der Waals surface area contributed by atoms with E-state index in [2.05, 4.69) is 0 Å². The Bertz CT molecular complexity index is 140. The van der Waals surface area contributed by atoms with E-state index in [0.717, 1.165) is 6.42 Å². The van der Waals surface area contributed by atoms with Crippen LogP contribution >= 0.6 is 0 Å². The molecule has 1 unspecified atom stereocenters. The average molecular weight is 158 g/mol. The van der Waals surface area contributed by atoms with Crippen molar-refractivity contribution in [3.05, 3.63) is 0 Å². The standard InChI is InChI=1S/C8H14O3/c9-7(3-4-8(10)11)5-6-1-2-6/h6-7,9H,1-5H2,(H,10,11). The van der Waals surface area contributed by atoms with Gasteiger partial charge >= 0.3 is 5.97 Å². The highest BCUT2D eigenvalue weighted by Gasteiger charge is 2.24. The van der Waals surface area contributed by atoms with Crippen molar-refractivity contribution in [2.45, 2.75) is 38.2 Å². The minimum absolute atomic E-state index is 0.0912. The molecule has 0 aliphatic heterocycles. The van der Waals surface area contributed by atoms with Gasteiger partial charge in [0.05, 0.1) is 6.10 Å². The third-order valence-electron chi connectivity index (χ3n) is 1.99. The van der Waals surface area contributed by atoms with Crippen LogP contribution in [0.2, 0.25) is 0 Å². The van der Waals surface area contributed by atoms with Gasteiger partial charge in [0, 0.05) is 6.42 Å². The Balaban J connectivity index is 1.99. The maximum absolute atomic E-state index is 10.1. The highest BCUT2D eigenvalue weighted by atomic mass is 16.4. The van der Waals surface area contributed by atoms with Crippen molar-refractivity contribution in [3.8, 4) is 0 Å². The molecule has 1 fully saturated rings. The van der Waals surface area contributed by atoms with E-state index in [4.69, 9.17) is 5.11 Å². The second kappa shape index (κ2) is 3.72. The lowest BCUT2D eigenvalue weighted by Crippen LogP contribution is -2.09. The normalized spacial score (nSPS) is 19.7. The Labute approximate surface area is 66.0 Å². The van der Waals surface area contributed by atoms with Crippen molar-refractivity contribution in [1.82, 2.24) is 0 Å². The largest absolute Gasteiger partial charge is 0.481 e. The number of aliphatic hydroxyl groups is 1. The number of hydrogen-bond donors (Lipinski definition) is 2. The Morgan fingerprint density at radius 1 is 1.55 bits per heavy atom. The molecule has 1 atom stereocenters. The molecule has 0 aromatic rings. The average Bonchev–Trinajstić information content (AvgIpc) is 2.67. The van der Waals surface area contributed by atoms with E-state index in [1.165, 1.54) is 12.8 Å². The van der Waals surface area contributed by atoms with Gasteiger partial charge in [-0.2, -0.15) is 0 Å². The summed E-state index contributed by atoms with van der Waals surface area (Å²) in [5.41, 5.74) is 0. The van der Waals surface area contributed by atoms with E-state index in [0.29, 0.717) is 12.3 Å². The third kappa shape index (κ3) is 3.98. The molecule has 1 aliphatic rings. The van der Waals surface area contributed by atoms with E-state index < -0.39 is 12.1 Å². The summed E-state index contributed by atoms with van der Waals surface area (Å²) in [4.78, 5) is 10.1. The van der Waals surface area contributed by atoms with Crippen LogP contribution in [0.5, 0.6) is 0 Å². The monoisotopic (exact) mass is 158 g/mol. The number of aliphatic carboxylic acids is 1. The molecular weight excluding hydrogens is 144 g/mol. The summed E-state index contributed by atoms with van der Waals surface area (Å²) in [6, 6.07) is 0. The van der Waals surface area contributed by atoms with Crippen molar-refractivity contribution in [1.29, 1.82) is 0 Å². The van der Waals surface area contributed by atoms with Gasteiger partial charge in [0.25, 0.3) is 0 Å². The van der Waals surface area contributed by atoms with Gasteiger partial charge in [0.1, 0.15) is 0 Å². The smallest absolute Gasteiger partial charge is 0.303 e. The first-order valence-corrected chi connectivity index (χ1v) is 4.08. The van der Waals surface area contributed by atoms with Crippen LogP contribution in [0.15, 0.2) is 0 Å². The fraction of sp³-hybridized carbons (Fsp3) is 0.875. The number of carboxylic acid groups (broad SMARTS) is 1. The van der Waals surface area contributed by atoms with Gasteiger partial charge in [-0.15, -0.1) is 0 Å². The molecular formula is C8H14O3. The molecule has 0 bridgehead atoms. The minimum Gasteiger partial charge on any atom is -0.481 e. The van der Waals surface area contributed by atoms with Crippen LogP contribution in [-0.2, 0) is 4.79 Å². The quantitative estimate of drug-likeness (QED) is 0.627. The van der Waals surface area contributed by atoms with Gasteiger partial charge in [-0.05, 0) is 18.8 Å². The lowest BCUT2D eigenvalue weighted by Gasteiger charge is -2.06. The number of hydrogen-bond acceptors (Lipinski definition) is 2. The molecule has 1 rings (SSSR count). The Morgan fingerprint density at radius 2 is 2.18 bits per heavy atom. The zero-order chi connectivity index (χ0) is 8.27. The minimum atomic E-state index is -0.820. The van der Waals surface area contributed by atoms with Crippen LogP contribution in [0.1, 0.15) is 32.1 Å². The first-order valence-electron chi connectivity index (χ1n) is 4.08. The zero-order valence-electron chi connectivity index (χ0n) is 6.49. The van der Waals surface area contributed by atoms with E-state index in [1.807, 2.05) is 0 Å². The van der Waals surface area contributed by atoms with Crippen molar-refractivity contribution < 1.29 is 15.0 Å². The molecule has 64 valence electrons. The zero-order valence-corrected chi connectivity index (χ0v) is 6.49. The molecule has 0 heterocycles. The Morgan fingerprint density at radius 3 is 2.64 bits per heavy atom. The number of carboxylic acids is 1. The Kier molecular flexibility index (Phi) is 2.88. The summed E-state index contributed by atoms with van der Waals surface area (Å²) >= 11 is 0. The first kappa shape index (κ1) is 8.53. The number of carbonyl (C=O) groups is 1. The summed E-state index contributed by atoms with van der Waals surface area (Å²) in [5, 5.41) is 17.5. The van der Waals surface area contributed by atoms with Gasteiger partial charge in [-0.3, -0.25) is 4.79 Å². The second-order valence-corrected chi connectivity index (χ2v) is 3.27. The molecule has 1 aliphatic carbocycles. The fourth-order valence-electron chi connectivity index (χ4n) is 1.15. The highest BCUT2D eigenvalue weighted by molar-refractivity contribution is 5.66. The van der Waals surface area contributed by atoms with E-state index >= 15 is 0 Å². The van der Waals surface area contributed by atoms with Crippen molar-refractivity contribution in [3.63, 3.8) is 0 Å². The van der Waals surface area contributed by atoms with Crippen molar-refractivity contribution in [2.24, 2.45) is 5.92 Å². The molecule has 2 N–H and O–H groups in total. The lowest BCUT2D eigenvalue weighted by molar-refractivity contribution is -0.137. The first-order chi connectivity index (χ1) is 5.18. The van der Waals surface area contributed by atoms with Gasteiger partial charge in [0.15, 0.2) is 0 Å². The third-order valence-corrected chi connectivity index (χ3v) is 1.99. The Hall–Kier alpha value is -0.570.